The molecule has 1 aromatic heterocycles. The molecule has 0 aliphatic carbocycles. The van der Waals surface area contributed by atoms with Crippen molar-refractivity contribution in [2.24, 2.45) is 0 Å². The molecule has 1 unspecified atom stereocenters. The van der Waals surface area contributed by atoms with Crippen molar-refractivity contribution >= 4 is 16.9 Å². The van der Waals surface area contributed by atoms with Gasteiger partial charge < -0.3 is 19.2 Å². The quantitative estimate of drug-likeness (QED) is 0.729. The average molecular weight is 352 g/mol. The van der Waals surface area contributed by atoms with Gasteiger partial charge in [0.1, 0.15) is 13.2 Å². The normalized spacial score (nSPS) is 14.0. The second-order valence-corrected chi connectivity index (χ2v) is 5.87. The largest absolute Gasteiger partial charge is 0.486 e. The van der Waals surface area contributed by atoms with Gasteiger partial charge in [0.05, 0.1) is 16.5 Å². The fourth-order valence-electron chi connectivity index (χ4n) is 2.75. The van der Waals surface area contributed by atoms with E-state index >= 15 is 0 Å². The number of aromatic amines is 1. The van der Waals surface area contributed by atoms with Crippen LogP contribution in [0.1, 0.15) is 29.2 Å². The van der Waals surface area contributed by atoms with Gasteiger partial charge in [-0.1, -0.05) is 12.1 Å². The number of esters is 1. The molecule has 2 heterocycles. The number of benzene rings is 2. The zero-order valence-electron chi connectivity index (χ0n) is 14.0. The van der Waals surface area contributed by atoms with Gasteiger partial charge >= 0.3 is 5.97 Å². The summed E-state index contributed by atoms with van der Waals surface area (Å²) < 4.78 is 16.4. The van der Waals surface area contributed by atoms with Crippen molar-refractivity contribution < 1.29 is 19.0 Å². The lowest BCUT2D eigenvalue weighted by molar-refractivity contribution is 0.0319. The van der Waals surface area contributed by atoms with Crippen molar-refractivity contribution in [3.63, 3.8) is 0 Å². The molecule has 7 nitrogen and oxygen atoms in total. The number of H-pyrrole nitrogens is 1. The molecule has 1 N–H and O–H groups in total. The third kappa shape index (κ3) is 2.99. The van der Waals surface area contributed by atoms with Crippen LogP contribution in [0.5, 0.6) is 11.5 Å². The molecule has 0 saturated heterocycles. The minimum atomic E-state index is -0.715. The van der Waals surface area contributed by atoms with E-state index in [1.807, 2.05) is 0 Å². The van der Waals surface area contributed by atoms with Gasteiger partial charge in [-0.05, 0) is 37.3 Å². The standard InChI is InChI=1S/C19H16N2O5/c1-11(17-20-14-5-3-2-4-13(14)18(22)21-17)26-19(23)12-6-7-15-16(10-12)25-9-8-24-15/h2-7,10-11H,8-9H2,1H3,(H,20,21,22). The van der Waals surface area contributed by atoms with Crippen molar-refractivity contribution in [2.45, 2.75) is 13.0 Å². The van der Waals surface area contributed by atoms with Gasteiger partial charge in [-0.3, -0.25) is 4.79 Å². The maximum atomic E-state index is 12.4. The van der Waals surface area contributed by atoms with E-state index in [0.29, 0.717) is 47.0 Å². The Kier molecular flexibility index (Phi) is 4.04. The van der Waals surface area contributed by atoms with Crippen LogP contribution in [-0.4, -0.2) is 29.2 Å². The molecule has 3 aromatic rings. The molecular formula is C19H16N2O5. The summed E-state index contributed by atoms with van der Waals surface area (Å²) in [5.74, 6) is 0.863. The number of ether oxygens (including phenoxy) is 3. The summed E-state index contributed by atoms with van der Waals surface area (Å²) >= 11 is 0. The van der Waals surface area contributed by atoms with E-state index < -0.39 is 12.1 Å². The van der Waals surface area contributed by atoms with Gasteiger partial charge in [0.2, 0.25) is 0 Å². The van der Waals surface area contributed by atoms with Crippen molar-refractivity contribution in [2.75, 3.05) is 13.2 Å². The highest BCUT2D eigenvalue weighted by Crippen LogP contribution is 2.31. The molecule has 1 aliphatic heterocycles. The van der Waals surface area contributed by atoms with Gasteiger partial charge in [-0.15, -0.1) is 0 Å². The van der Waals surface area contributed by atoms with E-state index in [1.54, 1.807) is 49.4 Å². The first-order chi connectivity index (χ1) is 12.6. The summed E-state index contributed by atoms with van der Waals surface area (Å²) in [4.78, 5) is 31.6. The van der Waals surface area contributed by atoms with Crippen molar-refractivity contribution in [1.29, 1.82) is 0 Å². The van der Waals surface area contributed by atoms with Crippen LogP contribution >= 0.6 is 0 Å². The maximum Gasteiger partial charge on any atom is 0.338 e. The Hall–Kier alpha value is -3.35. The van der Waals surface area contributed by atoms with Crippen LogP contribution in [0.25, 0.3) is 10.9 Å². The van der Waals surface area contributed by atoms with Crippen molar-refractivity contribution in [3.05, 3.63) is 64.2 Å². The fraction of sp³-hybridized carbons (Fsp3) is 0.211. The van der Waals surface area contributed by atoms with Gasteiger partial charge in [0.25, 0.3) is 5.56 Å². The fourth-order valence-corrected chi connectivity index (χ4v) is 2.75. The first-order valence-corrected chi connectivity index (χ1v) is 8.21. The summed E-state index contributed by atoms with van der Waals surface area (Å²) in [6, 6.07) is 11.9. The summed E-state index contributed by atoms with van der Waals surface area (Å²) in [5.41, 5.74) is 0.616. The van der Waals surface area contributed by atoms with E-state index in [4.69, 9.17) is 14.2 Å². The second-order valence-electron chi connectivity index (χ2n) is 5.87. The Balaban J connectivity index is 1.57. The number of carbonyl (C=O) groups is 1. The predicted octanol–water partition coefficient (Wildman–Crippen LogP) is 2.61. The zero-order valence-corrected chi connectivity index (χ0v) is 14.0. The van der Waals surface area contributed by atoms with E-state index in [2.05, 4.69) is 9.97 Å². The Labute approximate surface area is 148 Å². The van der Waals surface area contributed by atoms with Crippen LogP contribution in [-0.2, 0) is 4.74 Å². The molecule has 26 heavy (non-hydrogen) atoms. The average Bonchev–Trinajstić information content (AvgIpc) is 2.67. The smallest absolute Gasteiger partial charge is 0.338 e. The molecule has 0 spiro atoms. The number of rotatable bonds is 3. The number of aromatic nitrogens is 2. The van der Waals surface area contributed by atoms with Crippen LogP contribution in [0.3, 0.4) is 0 Å². The van der Waals surface area contributed by atoms with E-state index in [0.717, 1.165) is 0 Å². The molecule has 1 aliphatic rings. The van der Waals surface area contributed by atoms with Crippen LogP contribution in [0, 0.1) is 0 Å². The summed E-state index contributed by atoms with van der Waals surface area (Å²) in [7, 11) is 0. The lowest BCUT2D eigenvalue weighted by atomic mass is 10.2. The molecule has 0 saturated carbocycles. The van der Waals surface area contributed by atoms with Gasteiger partial charge in [-0.25, -0.2) is 9.78 Å². The maximum absolute atomic E-state index is 12.4. The predicted molar refractivity (Wildman–Crippen MR) is 93.6 cm³/mol. The molecule has 1 atom stereocenters. The second kappa shape index (κ2) is 6.51. The first-order valence-electron chi connectivity index (χ1n) is 8.21. The van der Waals surface area contributed by atoms with Gasteiger partial charge in [-0.2, -0.15) is 0 Å². The van der Waals surface area contributed by atoms with Crippen LogP contribution in [0.15, 0.2) is 47.3 Å². The molecule has 0 bridgehead atoms. The van der Waals surface area contributed by atoms with Crippen LogP contribution < -0.4 is 15.0 Å². The van der Waals surface area contributed by atoms with E-state index in [1.165, 1.54) is 0 Å². The van der Waals surface area contributed by atoms with Crippen LogP contribution in [0.4, 0.5) is 0 Å². The first kappa shape index (κ1) is 16.1. The minimum absolute atomic E-state index is 0.271. The molecule has 4 rings (SSSR count). The monoisotopic (exact) mass is 352 g/mol. The SMILES string of the molecule is CC(OC(=O)c1ccc2c(c1)OCCO2)c1nc2ccccc2c(=O)[nH]1. The van der Waals surface area contributed by atoms with Crippen molar-refractivity contribution in [1.82, 2.24) is 9.97 Å². The number of nitrogens with zero attached hydrogens (tertiary/aromatic N) is 1. The Morgan fingerprint density at radius 1 is 1.15 bits per heavy atom. The molecule has 0 fully saturated rings. The number of para-hydroxylation sites is 1. The Bertz CT molecular complexity index is 1040. The summed E-state index contributed by atoms with van der Waals surface area (Å²) in [6.07, 6.45) is -0.715. The van der Waals surface area contributed by atoms with Gasteiger partial charge in [0, 0.05) is 0 Å². The lowest BCUT2D eigenvalue weighted by Crippen LogP contribution is -2.18. The highest BCUT2D eigenvalue weighted by atomic mass is 16.6. The zero-order chi connectivity index (χ0) is 18.1. The third-order valence-electron chi connectivity index (χ3n) is 4.08. The summed E-state index contributed by atoms with van der Waals surface area (Å²) in [5, 5.41) is 0.488. The Morgan fingerprint density at radius 3 is 2.77 bits per heavy atom. The topological polar surface area (TPSA) is 90.5 Å². The lowest BCUT2D eigenvalue weighted by Gasteiger charge is -2.19. The Morgan fingerprint density at radius 2 is 1.92 bits per heavy atom. The van der Waals surface area contributed by atoms with Gasteiger partial charge in [0.15, 0.2) is 23.4 Å². The highest BCUT2D eigenvalue weighted by molar-refractivity contribution is 5.90. The van der Waals surface area contributed by atoms with E-state index in [-0.39, 0.29) is 5.56 Å². The number of nitrogens with one attached hydrogen (secondary N) is 1. The highest BCUT2D eigenvalue weighted by Gasteiger charge is 2.19. The molecule has 7 heteroatoms. The molecule has 2 aromatic carbocycles. The number of carbonyl (C=O) groups excluding carboxylic acids is 1. The number of hydrogen-bond donors (Lipinski definition) is 1. The molecular weight excluding hydrogens is 336 g/mol. The summed E-state index contributed by atoms with van der Waals surface area (Å²) in [6.45, 7) is 2.57. The number of hydrogen-bond acceptors (Lipinski definition) is 6. The molecule has 0 amide bonds. The third-order valence-corrected chi connectivity index (χ3v) is 4.08. The molecule has 132 valence electrons. The minimum Gasteiger partial charge on any atom is -0.486 e. The van der Waals surface area contributed by atoms with E-state index in [9.17, 15) is 9.59 Å². The van der Waals surface area contributed by atoms with Crippen LogP contribution in [0.2, 0.25) is 0 Å². The molecule has 0 radical (unpaired) electrons. The van der Waals surface area contributed by atoms with Crippen molar-refractivity contribution in [3.8, 4) is 11.5 Å². The number of fused-ring (bicyclic) bond motifs is 2.